The van der Waals surface area contributed by atoms with Gasteiger partial charge in [0.25, 0.3) is 0 Å². The van der Waals surface area contributed by atoms with Gasteiger partial charge < -0.3 is 9.15 Å². The van der Waals surface area contributed by atoms with Crippen LogP contribution in [0.2, 0.25) is 0 Å². The topological polar surface area (TPSA) is 85.6 Å². The van der Waals surface area contributed by atoms with Gasteiger partial charge in [0.1, 0.15) is 5.76 Å². The Balaban J connectivity index is 2.00. The molecule has 24 heavy (non-hydrogen) atoms. The molecule has 0 radical (unpaired) electrons. The minimum Gasteiger partial charge on any atom is -0.468 e. The van der Waals surface area contributed by atoms with Gasteiger partial charge in [-0.25, -0.2) is 17.9 Å². The summed E-state index contributed by atoms with van der Waals surface area (Å²) in [5.41, 5.74) is 0.695. The lowest BCUT2D eigenvalue weighted by Gasteiger charge is -2.06. The number of benzene rings is 1. The van der Waals surface area contributed by atoms with Crippen LogP contribution >= 0.6 is 0 Å². The Labute approximate surface area is 141 Å². The third-order valence-electron chi connectivity index (χ3n) is 2.97. The number of furan rings is 1. The SMILES string of the molecule is CC(C)OC(=O)/C=C/c1ccc(S(=O)(=O)NCc2ccco2)cc1. The first-order valence-corrected chi connectivity index (χ1v) is 8.86. The maximum absolute atomic E-state index is 12.2. The Morgan fingerprint density at radius 1 is 1.25 bits per heavy atom. The molecule has 2 rings (SSSR count). The average Bonchev–Trinajstić information content (AvgIpc) is 3.04. The van der Waals surface area contributed by atoms with Crippen molar-refractivity contribution in [3.05, 3.63) is 60.1 Å². The number of carbonyl (C=O) groups is 1. The average molecular weight is 349 g/mol. The minimum absolute atomic E-state index is 0.0814. The maximum Gasteiger partial charge on any atom is 0.331 e. The van der Waals surface area contributed by atoms with Crippen LogP contribution < -0.4 is 4.72 Å². The number of hydrogen-bond acceptors (Lipinski definition) is 5. The first-order chi connectivity index (χ1) is 11.4. The van der Waals surface area contributed by atoms with Crippen LogP contribution in [0.5, 0.6) is 0 Å². The Kier molecular flexibility index (Phi) is 5.94. The van der Waals surface area contributed by atoms with Gasteiger partial charge in [0.2, 0.25) is 10.0 Å². The first kappa shape index (κ1) is 18.0. The third kappa shape index (κ3) is 5.36. The molecule has 0 spiro atoms. The molecule has 0 aliphatic heterocycles. The van der Waals surface area contributed by atoms with E-state index < -0.39 is 16.0 Å². The number of esters is 1. The van der Waals surface area contributed by atoms with Crippen LogP contribution in [0.1, 0.15) is 25.2 Å². The molecule has 1 heterocycles. The molecule has 0 unspecified atom stereocenters. The predicted molar refractivity (Wildman–Crippen MR) is 89.4 cm³/mol. The Bertz CT molecular complexity index is 790. The van der Waals surface area contributed by atoms with Crippen molar-refractivity contribution in [2.45, 2.75) is 31.4 Å². The van der Waals surface area contributed by atoms with E-state index in [4.69, 9.17) is 9.15 Å². The van der Waals surface area contributed by atoms with Crippen LogP contribution in [0.15, 0.2) is 58.1 Å². The van der Waals surface area contributed by atoms with E-state index in [2.05, 4.69) is 4.72 Å². The highest BCUT2D eigenvalue weighted by Gasteiger charge is 2.13. The van der Waals surface area contributed by atoms with Crippen LogP contribution in [0, 0.1) is 0 Å². The standard InChI is InChI=1S/C17H19NO5S/c1-13(2)23-17(19)10-7-14-5-8-16(9-6-14)24(20,21)18-12-15-4-3-11-22-15/h3-11,13,18H,12H2,1-2H3/b10-7+. The van der Waals surface area contributed by atoms with Gasteiger partial charge >= 0.3 is 5.97 Å². The zero-order chi connectivity index (χ0) is 17.6. The summed E-state index contributed by atoms with van der Waals surface area (Å²) in [4.78, 5) is 11.6. The minimum atomic E-state index is -3.63. The van der Waals surface area contributed by atoms with Crippen LogP contribution in [0.3, 0.4) is 0 Å². The fourth-order valence-electron chi connectivity index (χ4n) is 1.86. The van der Waals surface area contributed by atoms with Gasteiger partial charge in [-0.3, -0.25) is 0 Å². The maximum atomic E-state index is 12.2. The summed E-state index contributed by atoms with van der Waals surface area (Å²) in [5, 5.41) is 0. The quantitative estimate of drug-likeness (QED) is 0.613. The molecule has 1 aromatic carbocycles. The summed E-state index contributed by atoms with van der Waals surface area (Å²) in [6, 6.07) is 9.54. The van der Waals surface area contributed by atoms with Crippen molar-refractivity contribution in [3.8, 4) is 0 Å². The zero-order valence-corrected chi connectivity index (χ0v) is 14.2. The molecule has 1 aromatic heterocycles. The second-order valence-corrected chi connectivity index (χ2v) is 7.06. The van der Waals surface area contributed by atoms with Crippen molar-refractivity contribution < 1.29 is 22.4 Å². The van der Waals surface area contributed by atoms with E-state index in [1.165, 1.54) is 24.5 Å². The van der Waals surface area contributed by atoms with E-state index in [-0.39, 0.29) is 17.5 Å². The van der Waals surface area contributed by atoms with Gasteiger partial charge in [-0.1, -0.05) is 12.1 Å². The number of hydrogen-bond donors (Lipinski definition) is 1. The lowest BCUT2D eigenvalue weighted by atomic mass is 10.2. The van der Waals surface area contributed by atoms with Crippen LogP contribution in [0.4, 0.5) is 0 Å². The molecule has 0 atom stereocenters. The van der Waals surface area contributed by atoms with Gasteiger partial charge in [-0.15, -0.1) is 0 Å². The normalized spacial score (nSPS) is 12.0. The van der Waals surface area contributed by atoms with Gasteiger partial charge in [-0.2, -0.15) is 0 Å². The molecule has 0 fully saturated rings. The van der Waals surface area contributed by atoms with Crippen molar-refractivity contribution >= 4 is 22.1 Å². The molecule has 128 valence electrons. The van der Waals surface area contributed by atoms with Gasteiger partial charge in [0.05, 0.1) is 23.8 Å². The van der Waals surface area contributed by atoms with Gasteiger partial charge in [0, 0.05) is 6.08 Å². The second-order valence-electron chi connectivity index (χ2n) is 5.29. The summed E-state index contributed by atoms with van der Waals surface area (Å²) >= 11 is 0. The molecule has 6 nitrogen and oxygen atoms in total. The highest BCUT2D eigenvalue weighted by molar-refractivity contribution is 7.89. The predicted octanol–water partition coefficient (Wildman–Crippen LogP) is 2.72. The number of nitrogens with one attached hydrogen (secondary N) is 1. The van der Waals surface area contributed by atoms with Crippen molar-refractivity contribution in [3.63, 3.8) is 0 Å². The Morgan fingerprint density at radius 3 is 2.54 bits per heavy atom. The Morgan fingerprint density at radius 2 is 1.96 bits per heavy atom. The molecule has 1 N–H and O–H groups in total. The van der Waals surface area contributed by atoms with Gasteiger partial charge in [-0.05, 0) is 49.8 Å². The summed E-state index contributed by atoms with van der Waals surface area (Å²) < 4.78 is 36.9. The first-order valence-electron chi connectivity index (χ1n) is 7.37. The van der Waals surface area contributed by atoms with E-state index in [1.54, 1.807) is 44.2 Å². The lowest BCUT2D eigenvalue weighted by molar-refractivity contribution is -0.141. The van der Waals surface area contributed by atoms with Crippen LogP contribution in [0.25, 0.3) is 6.08 Å². The molecular weight excluding hydrogens is 330 g/mol. The molecule has 0 amide bonds. The number of ether oxygens (including phenoxy) is 1. The molecule has 0 saturated carbocycles. The molecule has 0 aliphatic rings. The third-order valence-corrected chi connectivity index (χ3v) is 4.39. The summed E-state index contributed by atoms with van der Waals surface area (Å²) in [6.07, 6.45) is 4.17. The van der Waals surface area contributed by atoms with E-state index >= 15 is 0 Å². The van der Waals surface area contributed by atoms with Crippen LogP contribution in [-0.4, -0.2) is 20.5 Å². The number of rotatable bonds is 7. The van der Waals surface area contributed by atoms with Crippen molar-refractivity contribution in [1.82, 2.24) is 4.72 Å². The summed E-state index contributed by atoms with van der Waals surface area (Å²) in [5.74, 6) is 0.0867. The van der Waals surface area contributed by atoms with E-state index in [9.17, 15) is 13.2 Å². The molecule has 0 bridgehead atoms. The summed E-state index contributed by atoms with van der Waals surface area (Å²) in [7, 11) is -3.63. The highest BCUT2D eigenvalue weighted by Crippen LogP contribution is 2.12. The smallest absolute Gasteiger partial charge is 0.331 e. The molecule has 7 heteroatoms. The zero-order valence-electron chi connectivity index (χ0n) is 13.4. The fourth-order valence-corrected chi connectivity index (χ4v) is 2.85. The monoisotopic (exact) mass is 349 g/mol. The number of carbonyl (C=O) groups excluding carboxylic acids is 1. The summed E-state index contributed by atoms with van der Waals surface area (Å²) in [6.45, 7) is 3.61. The van der Waals surface area contributed by atoms with E-state index in [0.717, 1.165) is 0 Å². The largest absolute Gasteiger partial charge is 0.468 e. The van der Waals surface area contributed by atoms with Crippen molar-refractivity contribution in [2.24, 2.45) is 0 Å². The van der Waals surface area contributed by atoms with Crippen molar-refractivity contribution in [1.29, 1.82) is 0 Å². The molecule has 0 saturated heterocycles. The molecular formula is C17H19NO5S. The Hall–Kier alpha value is -2.38. The highest BCUT2D eigenvalue weighted by atomic mass is 32.2. The van der Waals surface area contributed by atoms with E-state index in [1.807, 2.05) is 0 Å². The second kappa shape index (κ2) is 7.94. The van der Waals surface area contributed by atoms with Gasteiger partial charge in [0.15, 0.2) is 0 Å². The lowest BCUT2D eigenvalue weighted by Crippen LogP contribution is -2.22. The molecule has 0 aliphatic carbocycles. The van der Waals surface area contributed by atoms with E-state index in [0.29, 0.717) is 11.3 Å². The number of sulfonamides is 1. The van der Waals surface area contributed by atoms with Crippen molar-refractivity contribution in [2.75, 3.05) is 0 Å². The fraction of sp³-hybridized carbons (Fsp3) is 0.235. The van der Waals surface area contributed by atoms with Crippen LogP contribution in [-0.2, 0) is 26.1 Å². The molecule has 2 aromatic rings.